The average molecular weight is 385 g/mol. The van der Waals surface area contributed by atoms with Crippen LogP contribution in [0.2, 0.25) is 0 Å². The third kappa shape index (κ3) is 3.84. The van der Waals surface area contributed by atoms with Crippen molar-refractivity contribution in [2.45, 2.75) is 39.2 Å². The zero-order valence-corrected chi connectivity index (χ0v) is 17.0. The van der Waals surface area contributed by atoms with Crippen LogP contribution in [0.1, 0.15) is 49.4 Å². The number of hydrogen-bond donors (Lipinski definition) is 0. The molecule has 0 bridgehead atoms. The van der Waals surface area contributed by atoms with Crippen LogP contribution in [0, 0.1) is 11.7 Å². The van der Waals surface area contributed by atoms with E-state index in [0.717, 1.165) is 36.0 Å². The van der Waals surface area contributed by atoms with Crippen molar-refractivity contribution in [3.63, 3.8) is 0 Å². The molecule has 0 radical (unpaired) electrons. The molecule has 0 N–H and O–H groups in total. The number of ether oxygens (including phenoxy) is 2. The zero-order chi connectivity index (χ0) is 20.3. The van der Waals surface area contributed by atoms with E-state index < -0.39 is 0 Å². The lowest BCUT2D eigenvalue weighted by atomic mass is 9.86. The molecule has 2 aromatic rings. The number of carbonyl (C=O) groups is 1. The van der Waals surface area contributed by atoms with E-state index in [1.165, 1.54) is 12.1 Å². The Bertz CT molecular complexity index is 834. The second kappa shape index (κ2) is 8.63. The first-order chi connectivity index (χ1) is 13.5. The lowest BCUT2D eigenvalue weighted by Gasteiger charge is -2.39. The lowest BCUT2D eigenvalue weighted by Crippen LogP contribution is -2.43. The Morgan fingerprint density at radius 3 is 2.43 bits per heavy atom. The maximum Gasteiger partial charge on any atom is 0.226 e. The highest BCUT2D eigenvalue weighted by atomic mass is 19.1. The Kier molecular flexibility index (Phi) is 6.22. The fraction of sp³-hybridized carbons (Fsp3) is 0.435. The first-order valence-electron chi connectivity index (χ1n) is 9.80. The van der Waals surface area contributed by atoms with E-state index in [-0.39, 0.29) is 23.7 Å². The third-order valence-electron chi connectivity index (χ3n) is 5.49. The summed E-state index contributed by atoms with van der Waals surface area (Å²) in [5.74, 6) is 1.11. The van der Waals surface area contributed by atoms with Gasteiger partial charge in [-0.15, -0.1) is 0 Å². The monoisotopic (exact) mass is 385 g/mol. The molecule has 4 nitrogen and oxygen atoms in total. The molecule has 2 atom stereocenters. The number of nitrogens with zero attached hydrogens (tertiary/aromatic N) is 1. The standard InChI is InChI=1S/C23H28FNO3/c1-5-6-15(2)23(26)25-12-11-17-13-20(27-3)21(28-4)14-19(17)22(25)16-7-9-18(24)10-8-16/h7-10,13-15,22H,5-6,11-12H2,1-4H3/t15-,22+/m1/s1. The van der Waals surface area contributed by atoms with Crippen molar-refractivity contribution in [2.24, 2.45) is 5.92 Å². The van der Waals surface area contributed by atoms with E-state index in [1.54, 1.807) is 26.4 Å². The summed E-state index contributed by atoms with van der Waals surface area (Å²) in [5, 5.41) is 0. The summed E-state index contributed by atoms with van der Waals surface area (Å²) in [5.41, 5.74) is 3.03. The number of benzene rings is 2. The highest BCUT2D eigenvalue weighted by molar-refractivity contribution is 5.80. The Hall–Kier alpha value is -2.56. The van der Waals surface area contributed by atoms with Gasteiger partial charge in [0.25, 0.3) is 0 Å². The molecule has 1 amide bonds. The van der Waals surface area contributed by atoms with Gasteiger partial charge >= 0.3 is 0 Å². The molecule has 0 unspecified atom stereocenters. The maximum absolute atomic E-state index is 13.5. The first-order valence-corrected chi connectivity index (χ1v) is 9.80. The van der Waals surface area contributed by atoms with Crippen molar-refractivity contribution >= 4 is 5.91 Å². The van der Waals surface area contributed by atoms with Gasteiger partial charge in [0, 0.05) is 12.5 Å². The molecule has 0 saturated heterocycles. The molecule has 1 aliphatic rings. The van der Waals surface area contributed by atoms with Crippen LogP contribution in [0.25, 0.3) is 0 Å². The van der Waals surface area contributed by atoms with Crippen molar-refractivity contribution < 1.29 is 18.7 Å². The van der Waals surface area contributed by atoms with Crippen LogP contribution in [-0.2, 0) is 11.2 Å². The minimum atomic E-state index is -0.288. The van der Waals surface area contributed by atoms with Crippen LogP contribution in [0.5, 0.6) is 11.5 Å². The molecule has 150 valence electrons. The fourth-order valence-electron chi connectivity index (χ4n) is 4.03. The number of fused-ring (bicyclic) bond motifs is 1. The molecule has 0 aromatic heterocycles. The molecule has 0 saturated carbocycles. The first kappa shape index (κ1) is 20.2. The Morgan fingerprint density at radius 2 is 1.82 bits per heavy atom. The highest BCUT2D eigenvalue weighted by Gasteiger charge is 2.34. The van der Waals surface area contributed by atoms with Crippen molar-refractivity contribution in [1.29, 1.82) is 0 Å². The average Bonchev–Trinajstić information content (AvgIpc) is 2.72. The normalized spacial score (nSPS) is 17.0. The van der Waals surface area contributed by atoms with Crippen molar-refractivity contribution in [2.75, 3.05) is 20.8 Å². The van der Waals surface area contributed by atoms with Gasteiger partial charge in [-0.05, 0) is 53.8 Å². The largest absolute Gasteiger partial charge is 0.493 e. The van der Waals surface area contributed by atoms with Gasteiger partial charge in [-0.25, -0.2) is 4.39 Å². The maximum atomic E-state index is 13.5. The number of hydrogen-bond acceptors (Lipinski definition) is 3. The minimum absolute atomic E-state index is 0.0466. The summed E-state index contributed by atoms with van der Waals surface area (Å²) in [6, 6.07) is 10.1. The smallest absolute Gasteiger partial charge is 0.226 e. The van der Waals surface area contributed by atoms with Gasteiger partial charge in [0.1, 0.15) is 5.82 Å². The summed E-state index contributed by atoms with van der Waals surface area (Å²) in [4.78, 5) is 15.2. The number of halogens is 1. The number of carbonyl (C=O) groups excluding carboxylic acids is 1. The molecule has 0 aliphatic carbocycles. The third-order valence-corrected chi connectivity index (χ3v) is 5.49. The van der Waals surface area contributed by atoms with Crippen molar-refractivity contribution in [3.05, 3.63) is 58.9 Å². The van der Waals surface area contributed by atoms with E-state index in [1.807, 2.05) is 24.0 Å². The van der Waals surface area contributed by atoms with Crippen LogP contribution in [0.15, 0.2) is 36.4 Å². The van der Waals surface area contributed by atoms with Crippen molar-refractivity contribution in [1.82, 2.24) is 4.90 Å². The van der Waals surface area contributed by atoms with Gasteiger partial charge in [0.15, 0.2) is 11.5 Å². The van der Waals surface area contributed by atoms with E-state index in [9.17, 15) is 9.18 Å². The Morgan fingerprint density at radius 1 is 1.18 bits per heavy atom. The number of amides is 1. The SMILES string of the molecule is CCC[C@@H](C)C(=O)N1CCc2cc(OC)c(OC)cc2[C@@H]1c1ccc(F)cc1. The molecule has 5 heteroatoms. The number of methoxy groups -OCH3 is 2. The molecule has 0 fully saturated rings. The van der Waals surface area contributed by atoms with Crippen molar-refractivity contribution in [3.8, 4) is 11.5 Å². The van der Waals surface area contributed by atoms with Crippen LogP contribution < -0.4 is 9.47 Å². The lowest BCUT2D eigenvalue weighted by molar-refractivity contribution is -0.137. The molecule has 3 rings (SSSR count). The van der Waals surface area contributed by atoms with Gasteiger partial charge in [-0.3, -0.25) is 4.79 Å². The minimum Gasteiger partial charge on any atom is -0.493 e. The summed E-state index contributed by atoms with van der Waals surface area (Å²) < 4.78 is 24.5. The van der Waals surface area contributed by atoms with Gasteiger partial charge in [0.05, 0.1) is 20.3 Å². The topological polar surface area (TPSA) is 38.8 Å². The van der Waals surface area contributed by atoms with Crippen LogP contribution in [0.4, 0.5) is 4.39 Å². The quantitative estimate of drug-likeness (QED) is 0.720. The highest BCUT2D eigenvalue weighted by Crippen LogP contribution is 2.41. The van der Waals surface area contributed by atoms with Gasteiger partial charge < -0.3 is 14.4 Å². The molecular formula is C23H28FNO3. The molecule has 1 heterocycles. The molecule has 28 heavy (non-hydrogen) atoms. The Labute approximate surface area is 166 Å². The molecule has 1 aliphatic heterocycles. The van der Waals surface area contributed by atoms with Crippen LogP contribution in [-0.4, -0.2) is 31.6 Å². The summed E-state index contributed by atoms with van der Waals surface area (Å²) >= 11 is 0. The second-order valence-corrected chi connectivity index (χ2v) is 7.33. The van der Waals surface area contributed by atoms with Crippen LogP contribution in [0.3, 0.4) is 0 Å². The van der Waals surface area contributed by atoms with E-state index >= 15 is 0 Å². The van der Waals surface area contributed by atoms with Gasteiger partial charge in [-0.1, -0.05) is 32.4 Å². The van der Waals surface area contributed by atoms with E-state index in [2.05, 4.69) is 6.92 Å². The Balaban J connectivity index is 2.11. The number of rotatable bonds is 6. The summed E-state index contributed by atoms with van der Waals surface area (Å²) in [6.45, 7) is 4.69. The summed E-state index contributed by atoms with van der Waals surface area (Å²) in [6.07, 6.45) is 2.56. The van der Waals surface area contributed by atoms with Crippen LogP contribution >= 0.6 is 0 Å². The molecule has 2 aromatic carbocycles. The predicted molar refractivity (Wildman–Crippen MR) is 107 cm³/mol. The van der Waals surface area contributed by atoms with Gasteiger partial charge in [-0.2, -0.15) is 0 Å². The van der Waals surface area contributed by atoms with Gasteiger partial charge in [0.2, 0.25) is 5.91 Å². The second-order valence-electron chi connectivity index (χ2n) is 7.33. The molecule has 0 spiro atoms. The zero-order valence-electron chi connectivity index (χ0n) is 17.0. The predicted octanol–water partition coefficient (Wildman–Crippen LogP) is 4.75. The molecular weight excluding hydrogens is 357 g/mol. The van der Waals surface area contributed by atoms with E-state index in [0.29, 0.717) is 18.0 Å². The van der Waals surface area contributed by atoms with E-state index in [4.69, 9.17) is 9.47 Å². The fourth-order valence-corrected chi connectivity index (χ4v) is 4.03. The summed E-state index contributed by atoms with van der Waals surface area (Å²) in [7, 11) is 3.22.